The number of nitro groups is 1. The lowest BCUT2D eigenvalue weighted by Crippen LogP contribution is -2.33. The van der Waals surface area contributed by atoms with Gasteiger partial charge in [0.15, 0.2) is 0 Å². The van der Waals surface area contributed by atoms with Crippen molar-refractivity contribution in [2.75, 3.05) is 36.8 Å². The molecule has 0 aliphatic carbocycles. The summed E-state index contributed by atoms with van der Waals surface area (Å²) in [5.74, 6) is 0.411. The number of hydrogen-bond donors (Lipinski definition) is 2. The van der Waals surface area contributed by atoms with Gasteiger partial charge in [-0.25, -0.2) is 9.97 Å². The monoisotopic (exact) mass is 420 g/mol. The molecule has 26 heavy (non-hydrogen) atoms. The number of piperidine rings is 1. The number of aromatic nitrogens is 2. The molecular formula is C17H21BrN6O2. The van der Waals surface area contributed by atoms with E-state index in [-0.39, 0.29) is 17.3 Å². The minimum absolute atomic E-state index is 0.144. The fourth-order valence-electron chi connectivity index (χ4n) is 2.96. The van der Waals surface area contributed by atoms with Crippen LogP contribution in [-0.4, -0.2) is 46.0 Å². The average molecular weight is 421 g/mol. The van der Waals surface area contributed by atoms with E-state index in [1.165, 1.54) is 25.6 Å². The Morgan fingerprint density at radius 3 is 2.50 bits per heavy atom. The van der Waals surface area contributed by atoms with E-state index in [0.29, 0.717) is 12.2 Å². The Hall–Kier alpha value is -2.26. The first-order chi connectivity index (χ1) is 12.6. The summed E-state index contributed by atoms with van der Waals surface area (Å²) in [7, 11) is 0. The third-order valence-electron chi connectivity index (χ3n) is 4.28. The van der Waals surface area contributed by atoms with Crippen LogP contribution in [0.4, 0.5) is 23.0 Å². The summed E-state index contributed by atoms with van der Waals surface area (Å²) >= 11 is 3.37. The van der Waals surface area contributed by atoms with E-state index in [1.54, 1.807) is 0 Å². The van der Waals surface area contributed by atoms with Crippen LogP contribution in [0.3, 0.4) is 0 Å². The van der Waals surface area contributed by atoms with Crippen molar-refractivity contribution in [3.05, 3.63) is 45.2 Å². The standard InChI is InChI=1S/C17H21BrN6O2/c18-13-4-6-14(7-5-13)22-17-15(24(25)26)16(20-12-21-17)19-8-11-23-9-2-1-3-10-23/h4-7,12H,1-3,8-11H2,(H2,19,20,21,22). The molecule has 0 unspecified atom stereocenters. The van der Waals surface area contributed by atoms with Crippen molar-refractivity contribution < 1.29 is 4.92 Å². The third-order valence-corrected chi connectivity index (χ3v) is 4.81. The minimum atomic E-state index is -0.454. The van der Waals surface area contributed by atoms with Crippen molar-refractivity contribution in [3.8, 4) is 0 Å². The topological polar surface area (TPSA) is 96.2 Å². The third kappa shape index (κ3) is 4.89. The first kappa shape index (κ1) is 18.5. The zero-order chi connectivity index (χ0) is 18.4. The molecule has 0 amide bonds. The maximum absolute atomic E-state index is 11.6. The molecule has 0 atom stereocenters. The summed E-state index contributed by atoms with van der Waals surface area (Å²) in [6.45, 7) is 3.63. The smallest absolute Gasteiger partial charge is 0.353 e. The molecule has 0 radical (unpaired) electrons. The summed E-state index contributed by atoms with van der Waals surface area (Å²) in [4.78, 5) is 21.6. The number of benzene rings is 1. The highest BCUT2D eigenvalue weighted by Crippen LogP contribution is 2.31. The van der Waals surface area contributed by atoms with Gasteiger partial charge in [0.1, 0.15) is 6.33 Å². The van der Waals surface area contributed by atoms with E-state index in [0.717, 1.165) is 24.1 Å². The van der Waals surface area contributed by atoms with E-state index in [9.17, 15) is 10.1 Å². The number of halogens is 1. The highest BCUT2D eigenvalue weighted by atomic mass is 79.9. The summed E-state index contributed by atoms with van der Waals surface area (Å²) in [6, 6.07) is 7.35. The fourth-order valence-corrected chi connectivity index (χ4v) is 3.22. The molecule has 3 rings (SSSR count). The van der Waals surface area contributed by atoms with Crippen molar-refractivity contribution in [2.24, 2.45) is 0 Å². The van der Waals surface area contributed by atoms with Gasteiger partial charge in [0.05, 0.1) is 4.92 Å². The quantitative estimate of drug-likeness (QED) is 0.519. The molecule has 1 aromatic carbocycles. The second-order valence-corrected chi connectivity index (χ2v) is 7.05. The molecule has 1 aromatic heterocycles. The Balaban J connectivity index is 1.70. The van der Waals surface area contributed by atoms with Crippen molar-refractivity contribution in [2.45, 2.75) is 19.3 Å². The Kier molecular flexibility index (Phi) is 6.35. The van der Waals surface area contributed by atoms with E-state index in [2.05, 4.69) is 41.4 Å². The van der Waals surface area contributed by atoms with Gasteiger partial charge in [0, 0.05) is 23.2 Å². The molecule has 2 aromatic rings. The van der Waals surface area contributed by atoms with Gasteiger partial charge in [-0.15, -0.1) is 0 Å². The zero-order valence-electron chi connectivity index (χ0n) is 14.3. The van der Waals surface area contributed by atoms with E-state index >= 15 is 0 Å². The van der Waals surface area contributed by atoms with Crippen LogP contribution in [0.1, 0.15) is 19.3 Å². The first-order valence-corrected chi connectivity index (χ1v) is 9.41. The SMILES string of the molecule is O=[N+]([O-])c1c(NCCN2CCCCC2)ncnc1Nc1ccc(Br)cc1. The maximum Gasteiger partial charge on any atom is 0.353 e. The van der Waals surface area contributed by atoms with Gasteiger partial charge in [-0.05, 0) is 50.2 Å². The summed E-state index contributed by atoms with van der Waals surface area (Å²) in [5.41, 5.74) is 0.573. The van der Waals surface area contributed by atoms with Crippen LogP contribution in [0.5, 0.6) is 0 Å². The lowest BCUT2D eigenvalue weighted by molar-refractivity contribution is -0.383. The van der Waals surface area contributed by atoms with Crippen molar-refractivity contribution in [1.82, 2.24) is 14.9 Å². The molecule has 0 spiro atoms. The molecule has 0 saturated carbocycles. The number of rotatable bonds is 7. The van der Waals surface area contributed by atoms with Crippen LogP contribution in [0.25, 0.3) is 0 Å². The number of likely N-dealkylation sites (tertiary alicyclic amines) is 1. The normalized spacial score (nSPS) is 14.8. The first-order valence-electron chi connectivity index (χ1n) is 8.61. The van der Waals surface area contributed by atoms with Crippen LogP contribution >= 0.6 is 15.9 Å². The van der Waals surface area contributed by atoms with Crippen LogP contribution in [0.2, 0.25) is 0 Å². The van der Waals surface area contributed by atoms with Crippen molar-refractivity contribution in [3.63, 3.8) is 0 Å². The molecule has 0 bridgehead atoms. The van der Waals surface area contributed by atoms with Crippen molar-refractivity contribution in [1.29, 1.82) is 0 Å². The van der Waals surface area contributed by atoms with Crippen LogP contribution in [0, 0.1) is 10.1 Å². The molecule has 1 fully saturated rings. The molecule has 1 saturated heterocycles. The molecule has 2 heterocycles. The second kappa shape index (κ2) is 8.91. The van der Waals surface area contributed by atoms with Crippen LogP contribution in [-0.2, 0) is 0 Å². The lowest BCUT2D eigenvalue weighted by atomic mass is 10.1. The van der Waals surface area contributed by atoms with Crippen LogP contribution in [0.15, 0.2) is 35.1 Å². The number of nitrogens with zero attached hydrogens (tertiary/aromatic N) is 4. The second-order valence-electron chi connectivity index (χ2n) is 6.14. The number of anilines is 3. The molecule has 2 N–H and O–H groups in total. The highest BCUT2D eigenvalue weighted by Gasteiger charge is 2.23. The molecular weight excluding hydrogens is 400 g/mol. The lowest BCUT2D eigenvalue weighted by Gasteiger charge is -2.26. The van der Waals surface area contributed by atoms with E-state index in [4.69, 9.17) is 0 Å². The van der Waals surface area contributed by atoms with E-state index < -0.39 is 4.92 Å². The fraction of sp³-hybridized carbons (Fsp3) is 0.412. The Labute approximate surface area is 160 Å². The van der Waals surface area contributed by atoms with Gasteiger partial charge in [-0.3, -0.25) is 10.1 Å². The molecule has 8 nitrogen and oxygen atoms in total. The summed E-state index contributed by atoms with van der Waals surface area (Å²) in [6.07, 6.45) is 5.05. The largest absolute Gasteiger partial charge is 0.363 e. The van der Waals surface area contributed by atoms with Gasteiger partial charge in [0.2, 0.25) is 11.6 Å². The number of hydrogen-bond acceptors (Lipinski definition) is 7. The van der Waals surface area contributed by atoms with Crippen LogP contribution < -0.4 is 10.6 Å². The Morgan fingerprint density at radius 2 is 1.81 bits per heavy atom. The maximum atomic E-state index is 11.6. The zero-order valence-corrected chi connectivity index (χ0v) is 15.9. The van der Waals surface area contributed by atoms with Gasteiger partial charge in [0.25, 0.3) is 0 Å². The Morgan fingerprint density at radius 1 is 1.12 bits per heavy atom. The molecule has 9 heteroatoms. The summed E-state index contributed by atoms with van der Waals surface area (Å²) < 4.78 is 0.931. The van der Waals surface area contributed by atoms with E-state index in [1.807, 2.05) is 24.3 Å². The molecule has 1 aliphatic heterocycles. The Bertz CT molecular complexity index is 749. The van der Waals surface area contributed by atoms with Gasteiger partial charge in [-0.1, -0.05) is 22.4 Å². The van der Waals surface area contributed by atoms with Crippen molar-refractivity contribution >= 4 is 38.9 Å². The molecule has 1 aliphatic rings. The predicted octanol–water partition coefficient (Wildman–Crippen LogP) is 3.79. The van der Waals surface area contributed by atoms with Gasteiger partial charge < -0.3 is 15.5 Å². The average Bonchev–Trinajstić information content (AvgIpc) is 2.64. The minimum Gasteiger partial charge on any atom is -0.363 e. The predicted molar refractivity (Wildman–Crippen MR) is 105 cm³/mol. The molecule has 138 valence electrons. The van der Waals surface area contributed by atoms with Gasteiger partial charge in [-0.2, -0.15) is 0 Å². The number of nitrogens with one attached hydrogen (secondary N) is 2. The van der Waals surface area contributed by atoms with Gasteiger partial charge >= 0.3 is 5.69 Å². The summed E-state index contributed by atoms with van der Waals surface area (Å²) in [5, 5.41) is 17.7. The highest BCUT2D eigenvalue weighted by molar-refractivity contribution is 9.10.